The molecular formula is C18H26N4O4. The zero-order valence-corrected chi connectivity index (χ0v) is 15.2. The van der Waals surface area contributed by atoms with Gasteiger partial charge in [-0.05, 0) is 19.8 Å². The quantitative estimate of drug-likeness (QED) is 0.739. The molecule has 2 aliphatic heterocycles. The van der Waals surface area contributed by atoms with Crippen molar-refractivity contribution in [1.82, 2.24) is 19.8 Å². The summed E-state index contributed by atoms with van der Waals surface area (Å²) >= 11 is 0. The smallest absolute Gasteiger partial charge is 0.274 e. The van der Waals surface area contributed by atoms with Crippen LogP contribution in [0.2, 0.25) is 0 Å². The molecule has 8 nitrogen and oxygen atoms in total. The lowest BCUT2D eigenvalue weighted by Gasteiger charge is -2.29. The first-order valence-electron chi connectivity index (χ1n) is 9.18. The van der Waals surface area contributed by atoms with Crippen LogP contribution < -0.4 is 0 Å². The summed E-state index contributed by atoms with van der Waals surface area (Å²) in [7, 11) is 0. The molecule has 8 heteroatoms. The van der Waals surface area contributed by atoms with E-state index < -0.39 is 0 Å². The van der Waals surface area contributed by atoms with E-state index in [0.717, 1.165) is 25.1 Å². The number of rotatable bonds is 6. The van der Waals surface area contributed by atoms with Gasteiger partial charge < -0.3 is 19.3 Å². The molecular weight excluding hydrogens is 336 g/mol. The summed E-state index contributed by atoms with van der Waals surface area (Å²) in [6, 6.07) is 0. The van der Waals surface area contributed by atoms with Gasteiger partial charge in [0.15, 0.2) is 0 Å². The molecule has 1 aromatic rings. The van der Waals surface area contributed by atoms with Gasteiger partial charge in [-0.15, -0.1) is 0 Å². The zero-order valence-electron chi connectivity index (χ0n) is 15.2. The molecule has 26 heavy (non-hydrogen) atoms. The fraction of sp³-hybridized carbons (Fsp3) is 0.667. The molecule has 2 saturated heterocycles. The third-order valence-corrected chi connectivity index (χ3v) is 4.69. The van der Waals surface area contributed by atoms with Gasteiger partial charge in [0.25, 0.3) is 5.91 Å². The summed E-state index contributed by atoms with van der Waals surface area (Å²) in [6.07, 6.45) is 5.32. The molecule has 3 rings (SSSR count). The molecule has 0 aromatic carbocycles. The molecule has 2 aliphatic rings. The van der Waals surface area contributed by atoms with E-state index in [2.05, 4.69) is 9.97 Å². The second-order valence-corrected chi connectivity index (χ2v) is 6.67. The molecule has 0 spiro atoms. The lowest BCUT2D eigenvalue weighted by molar-refractivity contribution is -0.135. The molecule has 1 aromatic heterocycles. The fourth-order valence-corrected chi connectivity index (χ4v) is 3.18. The third kappa shape index (κ3) is 4.98. The molecule has 0 bridgehead atoms. The normalized spacial score (nSPS) is 20.2. The van der Waals surface area contributed by atoms with E-state index in [-0.39, 0.29) is 24.3 Å². The molecule has 0 N–H and O–H groups in total. The Morgan fingerprint density at radius 2 is 2.04 bits per heavy atom. The van der Waals surface area contributed by atoms with Gasteiger partial charge in [0, 0.05) is 45.4 Å². The van der Waals surface area contributed by atoms with E-state index in [1.54, 1.807) is 16.0 Å². The average Bonchev–Trinajstić information content (AvgIpc) is 3.19. The van der Waals surface area contributed by atoms with Crippen LogP contribution in [0.5, 0.6) is 0 Å². The van der Waals surface area contributed by atoms with Crippen LogP contribution >= 0.6 is 0 Å². The number of amides is 2. The van der Waals surface area contributed by atoms with Gasteiger partial charge in [-0.25, -0.2) is 4.98 Å². The molecule has 2 amide bonds. The van der Waals surface area contributed by atoms with Crippen LogP contribution in [0.25, 0.3) is 0 Å². The van der Waals surface area contributed by atoms with Crippen molar-refractivity contribution in [3.8, 4) is 0 Å². The topological polar surface area (TPSA) is 84.9 Å². The SMILES string of the molecule is Cc1cnc(C(=O)N(CCC(=O)N2CCOCC2)CC2CCCO2)cn1. The second-order valence-electron chi connectivity index (χ2n) is 6.67. The van der Waals surface area contributed by atoms with E-state index >= 15 is 0 Å². The van der Waals surface area contributed by atoms with Crippen molar-refractivity contribution in [3.05, 3.63) is 23.8 Å². The number of aryl methyl sites for hydroxylation is 1. The van der Waals surface area contributed by atoms with Crippen molar-refractivity contribution in [2.24, 2.45) is 0 Å². The predicted octanol–water partition coefficient (Wildman–Crippen LogP) is 0.655. The maximum absolute atomic E-state index is 12.9. The highest BCUT2D eigenvalue weighted by molar-refractivity contribution is 5.92. The molecule has 1 unspecified atom stereocenters. The number of carbonyl (C=O) groups is 2. The number of nitrogens with zero attached hydrogens (tertiary/aromatic N) is 4. The Bertz CT molecular complexity index is 610. The zero-order chi connectivity index (χ0) is 18.4. The lowest BCUT2D eigenvalue weighted by Crippen LogP contribution is -2.44. The molecule has 0 aliphatic carbocycles. The first-order valence-corrected chi connectivity index (χ1v) is 9.18. The van der Waals surface area contributed by atoms with Crippen LogP contribution in [0.1, 0.15) is 35.4 Å². The first kappa shape index (κ1) is 18.7. The summed E-state index contributed by atoms with van der Waals surface area (Å²) < 4.78 is 10.9. The standard InChI is InChI=1S/C18H26N4O4/c1-14-11-20-16(12-19-14)18(24)22(13-15-3-2-8-26-15)5-4-17(23)21-6-9-25-10-7-21/h11-12,15H,2-10,13H2,1H3. The van der Waals surface area contributed by atoms with Crippen LogP contribution in [0.15, 0.2) is 12.4 Å². The second kappa shape index (κ2) is 9.05. The lowest BCUT2D eigenvalue weighted by atomic mass is 10.2. The third-order valence-electron chi connectivity index (χ3n) is 4.69. The van der Waals surface area contributed by atoms with Crippen molar-refractivity contribution in [2.75, 3.05) is 46.0 Å². The van der Waals surface area contributed by atoms with E-state index in [4.69, 9.17) is 9.47 Å². The van der Waals surface area contributed by atoms with Crippen LogP contribution in [0, 0.1) is 6.92 Å². The Balaban J connectivity index is 1.63. The highest BCUT2D eigenvalue weighted by Crippen LogP contribution is 2.15. The van der Waals surface area contributed by atoms with E-state index in [0.29, 0.717) is 45.1 Å². The number of carbonyl (C=O) groups excluding carboxylic acids is 2. The minimum Gasteiger partial charge on any atom is -0.378 e. The highest BCUT2D eigenvalue weighted by Gasteiger charge is 2.26. The maximum Gasteiger partial charge on any atom is 0.274 e. The average molecular weight is 362 g/mol. The number of aromatic nitrogens is 2. The summed E-state index contributed by atoms with van der Waals surface area (Å²) in [6.45, 7) is 5.75. The number of hydrogen-bond acceptors (Lipinski definition) is 6. The minimum absolute atomic E-state index is 0.0239. The van der Waals surface area contributed by atoms with Gasteiger partial charge in [0.2, 0.25) is 5.91 Å². The molecule has 0 saturated carbocycles. The predicted molar refractivity (Wildman–Crippen MR) is 93.7 cm³/mol. The Hall–Kier alpha value is -2.06. The van der Waals surface area contributed by atoms with Crippen molar-refractivity contribution in [1.29, 1.82) is 0 Å². The fourth-order valence-electron chi connectivity index (χ4n) is 3.18. The number of morpholine rings is 1. The van der Waals surface area contributed by atoms with E-state index in [1.807, 2.05) is 6.92 Å². The van der Waals surface area contributed by atoms with E-state index in [1.165, 1.54) is 6.20 Å². The van der Waals surface area contributed by atoms with Gasteiger partial charge in [-0.2, -0.15) is 0 Å². The summed E-state index contributed by atoms with van der Waals surface area (Å²) in [5.41, 5.74) is 1.06. The van der Waals surface area contributed by atoms with Crippen LogP contribution in [0.3, 0.4) is 0 Å². The van der Waals surface area contributed by atoms with Gasteiger partial charge in [-0.1, -0.05) is 0 Å². The largest absolute Gasteiger partial charge is 0.378 e. The summed E-state index contributed by atoms with van der Waals surface area (Å²) in [5, 5.41) is 0. The first-order chi connectivity index (χ1) is 12.6. The number of ether oxygens (including phenoxy) is 2. The minimum atomic E-state index is -0.206. The van der Waals surface area contributed by atoms with Crippen LogP contribution in [-0.2, 0) is 14.3 Å². The van der Waals surface area contributed by atoms with Crippen LogP contribution in [0.4, 0.5) is 0 Å². The number of hydrogen-bond donors (Lipinski definition) is 0. The van der Waals surface area contributed by atoms with E-state index in [9.17, 15) is 9.59 Å². The Labute approximate surface area is 153 Å². The van der Waals surface area contributed by atoms with Crippen LogP contribution in [-0.4, -0.2) is 83.7 Å². The Morgan fingerprint density at radius 1 is 1.23 bits per heavy atom. The highest BCUT2D eigenvalue weighted by atomic mass is 16.5. The molecule has 3 heterocycles. The van der Waals surface area contributed by atoms with Gasteiger partial charge in [0.1, 0.15) is 5.69 Å². The Kier molecular flexibility index (Phi) is 6.51. The van der Waals surface area contributed by atoms with Gasteiger partial charge in [0.05, 0.1) is 31.2 Å². The summed E-state index contributed by atoms with van der Waals surface area (Å²) in [5.74, 6) is -0.156. The Morgan fingerprint density at radius 3 is 2.69 bits per heavy atom. The van der Waals surface area contributed by atoms with Crippen molar-refractivity contribution in [3.63, 3.8) is 0 Å². The summed E-state index contributed by atoms with van der Waals surface area (Å²) in [4.78, 5) is 37.1. The van der Waals surface area contributed by atoms with Gasteiger partial charge >= 0.3 is 0 Å². The van der Waals surface area contributed by atoms with Gasteiger partial charge in [-0.3, -0.25) is 14.6 Å². The maximum atomic E-state index is 12.9. The molecule has 2 fully saturated rings. The monoisotopic (exact) mass is 362 g/mol. The van der Waals surface area contributed by atoms with Crippen molar-refractivity contribution in [2.45, 2.75) is 32.3 Å². The molecule has 0 radical (unpaired) electrons. The van der Waals surface area contributed by atoms with Crippen molar-refractivity contribution < 1.29 is 19.1 Å². The molecule has 1 atom stereocenters. The van der Waals surface area contributed by atoms with Crippen molar-refractivity contribution >= 4 is 11.8 Å². The molecule has 142 valence electrons.